The number of nitrogens with one attached hydrogen (secondary N) is 1. The molecule has 0 saturated carbocycles. The molecule has 0 radical (unpaired) electrons. The largest absolute Gasteiger partial charge is 0.379 e. The first-order chi connectivity index (χ1) is 11.6. The monoisotopic (exact) mass is 328 g/mol. The lowest BCUT2D eigenvalue weighted by atomic mass is 10.2. The summed E-state index contributed by atoms with van der Waals surface area (Å²) in [6.07, 6.45) is 5.96. The standard InChI is InChI=1S/C18H24N4O2/c1-15(2)24-12-6-11-19-18(23)10-9-17-14-22(21-20-17)13-16-7-4-3-5-8-16/h3-5,7-10,14-15H,6,11-13H2,1-2H3,(H,19,23)/b10-9+. The minimum atomic E-state index is -0.142. The van der Waals surface area contributed by atoms with Crippen molar-refractivity contribution in [1.29, 1.82) is 0 Å². The van der Waals surface area contributed by atoms with Gasteiger partial charge in [0.25, 0.3) is 0 Å². The molecule has 0 atom stereocenters. The predicted octanol–water partition coefficient (Wildman–Crippen LogP) is 2.27. The van der Waals surface area contributed by atoms with E-state index in [9.17, 15) is 4.79 Å². The summed E-state index contributed by atoms with van der Waals surface area (Å²) in [5.74, 6) is -0.142. The van der Waals surface area contributed by atoms with Crippen molar-refractivity contribution in [3.8, 4) is 0 Å². The maximum Gasteiger partial charge on any atom is 0.244 e. The van der Waals surface area contributed by atoms with Gasteiger partial charge < -0.3 is 10.1 Å². The summed E-state index contributed by atoms with van der Waals surface area (Å²) < 4.78 is 7.16. The molecule has 0 spiro atoms. The number of amides is 1. The molecule has 1 aromatic heterocycles. The van der Waals surface area contributed by atoms with E-state index in [0.717, 1.165) is 12.0 Å². The first-order valence-electron chi connectivity index (χ1n) is 8.15. The number of hydrogen-bond acceptors (Lipinski definition) is 4. The van der Waals surface area contributed by atoms with E-state index in [1.165, 1.54) is 6.08 Å². The zero-order chi connectivity index (χ0) is 17.2. The highest BCUT2D eigenvalue weighted by molar-refractivity contribution is 5.91. The van der Waals surface area contributed by atoms with Crippen LogP contribution in [-0.4, -0.2) is 40.2 Å². The summed E-state index contributed by atoms with van der Waals surface area (Å²) in [4.78, 5) is 11.7. The zero-order valence-corrected chi connectivity index (χ0v) is 14.2. The van der Waals surface area contributed by atoms with Gasteiger partial charge in [0, 0.05) is 19.2 Å². The number of rotatable bonds is 9. The third kappa shape index (κ3) is 6.75. The molecule has 6 nitrogen and oxygen atoms in total. The summed E-state index contributed by atoms with van der Waals surface area (Å²) in [6.45, 7) is 5.88. The number of aromatic nitrogens is 3. The minimum absolute atomic E-state index is 0.142. The van der Waals surface area contributed by atoms with Crippen molar-refractivity contribution >= 4 is 12.0 Å². The summed E-state index contributed by atoms with van der Waals surface area (Å²) in [5.41, 5.74) is 1.81. The van der Waals surface area contributed by atoms with Crippen molar-refractivity contribution in [1.82, 2.24) is 20.3 Å². The van der Waals surface area contributed by atoms with Gasteiger partial charge in [-0.05, 0) is 31.9 Å². The van der Waals surface area contributed by atoms with E-state index in [2.05, 4.69) is 15.6 Å². The second kappa shape index (κ2) is 9.62. The van der Waals surface area contributed by atoms with E-state index in [0.29, 0.717) is 25.4 Å². The molecule has 128 valence electrons. The molecule has 0 fully saturated rings. The predicted molar refractivity (Wildman–Crippen MR) is 93.3 cm³/mol. The van der Waals surface area contributed by atoms with Crippen LogP contribution in [0, 0.1) is 0 Å². The van der Waals surface area contributed by atoms with Gasteiger partial charge in [-0.2, -0.15) is 0 Å². The Bertz CT molecular complexity index is 650. The molecule has 0 unspecified atom stereocenters. The highest BCUT2D eigenvalue weighted by Crippen LogP contribution is 2.03. The molecule has 0 aliphatic rings. The van der Waals surface area contributed by atoms with Gasteiger partial charge >= 0.3 is 0 Å². The van der Waals surface area contributed by atoms with Crippen molar-refractivity contribution in [2.75, 3.05) is 13.2 Å². The van der Waals surface area contributed by atoms with Gasteiger partial charge in [-0.25, -0.2) is 4.68 Å². The first kappa shape index (κ1) is 17.9. The maximum atomic E-state index is 11.7. The van der Waals surface area contributed by atoms with Gasteiger partial charge in [0.2, 0.25) is 5.91 Å². The second-order valence-corrected chi connectivity index (χ2v) is 5.72. The maximum absolute atomic E-state index is 11.7. The number of benzene rings is 1. The molecule has 0 bridgehead atoms. The topological polar surface area (TPSA) is 69.0 Å². The van der Waals surface area contributed by atoms with E-state index in [4.69, 9.17) is 4.74 Å². The Balaban J connectivity index is 1.73. The molecule has 0 aliphatic carbocycles. The Morgan fingerprint density at radius 1 is 1.33 bits per heavy atom. The highest BCUT2D eigenvalue weighted by Gasteiger charge is 2.00. The third-order valence-corrected chi connectivity index (χ3v) is 3.22. The fraction of sp³-hybridized carbons (Fsp3) is 0.389. The Labute approximate surface area is 142 Å². The van der Waals surface area contributed by atoms with Gasteiger partial charge in [0.05, 0.1) is 18.8 Å². The molecular weight excluding hydrogens is 304 g/mol. The third-order valence-electron chi connectivity index (χ3n) is 3.22. The van der Waals surface area contributed by atoms with Crippen molar-refractivity contribution in [2.45, 2.75) is 32.9 Å². The van der Waals surface area contributed by atoms with E-state index < -0.39 is 0 Å². The lowest BCUT2D eigenvalue weighted by molar-refractivity contribution is -0.116. The van der Waals surface area contributed by atoms with Crippen molar-refractivity contribution in [3.05, 3.63) is 53.9 Å². The minimum Gasteiger partial charge on any atom is -0.379 e. The van der Waals surface area contributed by atoms with Crippen LogP contribution in [0.3, 0.4) is 0 Å². The molecule has 1 N–H and O–H groups in total. The fourth-order valence-electron chi connectivity index (χ4n) is 2.06. The molecule has 1 aromatic carbocycles. The lowest BCUT2D eigenvalue weighted by Crippen LogP contribution is -2.23. The normalized spacial score (nSPS) is 11.3. The quantitative estimate of drug-likeness (QED) is 0.566. The summed E-state index contributed by atoms with van der Waals surface area (Å²) in [6, 6.07) is 10.0. The van der Waals surface area contributed by atoms with Crippen LogP contribution in [-0.2, 0) is 16.1 Å². The average Bonchev–Trinajstić information content (AvgIpc) is 3.01. The number of carbonyl (C=O) groups excluding carboxylic acids is 1. The van der Waals surface area contributed by atoms with E-state index in [1.54, 1.807) is 10.8 Å². The second-order valence-electron chi connectivity index (χ2n) is 5.72. The SMILES string of the molecule is CC(C)OCCCNC(=O)/C=C/c1cn(Cc2ccccc2)nn1. The average molecular weight is 328 g/mol. The van der Waals surface area contributed by atoms with Crippen LogP contribution in [0.25, 0.3) is 6.08 Å². The molecule has 0 saturated heterocycles. The van der Waals surface area contributed by atoms with Crippen molar-refractivity contribution in [2.24, 2.45) is 0 Å². The Hall–Kier alpha value is -2.47. The Morgan fingerprint density at radius 3 is 2.88 bits per heavy atom. The molecular formula is C18H24N4O2. The van der Waals surface area contributed by atoms with E-state index in [-0.39, 0.29) is 12.0 Å². The molecule has 2 aromatic rings. The summed E-state index contributed by atoms with van der Waals surface area (Å²) in [5, 5.41) is 10.9. The van der Waals surface area contributed by atoms with Crippen LogP contribution < -0.4 is 5.32 Å². The van der Waals surface area contributed by atoms with E-state index >= 15 is 0 Å². The van der Waals surface area contributed by atoms with Crippen LogP contribution in [0.2, 0.25) is 0 Å². The Kier molecular flexibility index (Phi) is 7.17. The fourth-order valence-corrected chi connectivity index (χ4v) is 2.06. The summed E-state index contributed by atoms with van der Waals surface area (Å²) in [7, 11) is 0. The van der Waals surface area contributed by atoms with Crippen LogP contribution in [0.4, 0.5) is 0 Å². The van der Waals surface area contributed by atoms with Gasteiger partial charge in [-0.3, -0.25) is 4.79 Å². The number of hydrogen-bond donors (Lipinski definition) is 1. The van der Waals surface area contributed by atoms with Gasteiger partial charge in [0.15, 0.2) is 0 Å². The van der Waals surface area contributed by atoms with Crippen molar-refractivity contribution < 1.29 is 9.53 Å². The number of carbonyl (C=O) groups is 1. The number of ether oxygens (including phenoxy) is 1. The first-order valence-corrected chi connectivity index (χ1v) is 8.15. The van der Waals surface area contributed by atoms with Crippen LogP contribution in [0.1, 0.15) is 31.5 Å². The van der Waals surface area contributed by atoms with Crippen LogP contribution in [0.5, 0.6) is 0 Å². The van der Waals surface area contributed by atoms with Gasteiger partial charge in [0.1, 0.15) is 5.69 Å². The molecule has 6 heteroatoms. The highest BCUT2D eigenvalue weighted by atomic mass is 16.5. The van der Waals surface area contributed by atoms with Crippen molar-refractivity contribution in [3.63, 3.8) is 0 Å². The molecule has 0 aliphatic heterocycles. The smallest absolute Gasteiger partial charge is 0.244 e. The van der Waals surface area contributed by atoms with Crippen LogP contribution in [0.15, 0.2) is 42.6 Å². The number of nitrogens with zero attached hydrogens (tertiary/aromatic N) is 3. The van der Waals surface area contributed by atoms with E-state index in [1.807, 2.05) is 50.4 Å². The molecule has 1 heterocycles. The molecule has 2 rings (SSSR count). The Morgan fingerprint density at radius 2 is 2.12 bits per heavy atom. The lowest BCUT2D eigenvalue weighted by Gasteiger charge is -2.07. The van der Waals surface area contributed by atoms with Gasteiger partial charge in [-0.1, -0.05) is 35.5 Å². The van der Waals surface area contributed by atoms with Crippen LogP contribution >= 0.6 is 0 Å². The zero-order valence-electron chi connectivity index (χ0n) is 14.2. The summed E-state index contributed by atoms with van der Waals surface area (Å²) >= 11 is 0. The molecule has 24 heavy (non-hydrogen) atoms. The molecule has 1 amide bonds. The van der Waals surface area contributed by atoms with Gasteiger partial charge in [-0.15, -0.1) is 5.10 Å².